The predicted molar refractivity (Wildman–Crippen MR) is 70.6 cm³/mol. The molecule has 0 saturated carbocycles. The van der Waals surface area contributed by atoms with Gasteiger partial charge in [-0.1, -0.05) is 18.2 Å². The third-order valence-electron chi connectivity index (χ3n) is 3.24. The van der Waals surface area contributed by atoms with E-state index in [1.807, 2.05) is 0 Å². The topological polar surface area (TPSA) is 123 Å². The van der Waals surface area contributed by atoms with E-state index in [2.05, 4.69) is 4.74 Å². The van der Waals surface area contributed by atoms with E-state index in [-0.39, 0.29) is 5.56 Å². The summed E-state index contributed by atoms with van der Waals surface area (Å²) in [5, 5.41) is 29.2. The Kier molecular flexibility index (Phi) is 5.09. The zero-order valence-corrected chi connectivity index (χ0v) is 11.7. The number of methoxy groups -OCH3 is 1. The molecule has 8 heteroatoms. The van der Waals surface area contributed by atoms with Gasteiger partial charge in [-0.3, -0.25) is 0 Å². The minimum absolute atomic E-state index is 0.202. The number of hydrogen-bond donors (Lipinski definition) is 3. The van der Waals surface area contributed by atoms with Crippen LogP contribution >= 0.6 is 0 Å². The molecule has 3 N–H and O–H groups in total. The molecule has 0 bridgehead atoms. The molecule has 1 aliphatic heterocycles. The molecule has 5 atom stereocenters. The Bertz CT molecular complexity index is 531. The minimum atomic E-state index is -1.73. The SMILES string of the molecule is COC(=O)[C@H]1O[C@@H](OC(=O)c2ccccc2)[C@H](O)[C@@H](O)[C@@H]1O. The monoisotopic (exact) mass is 312 g/mol. The number of rotatable bonds is 3. The van der Waals surface area contributed by atoms with Crippen LogP contribution in [0.25, 0.3) is 0 Å². The van der Waals surface area contributed by atoms with Crippen molar-refractivity contribution in [2.75, 3.05) is 7.11 Å². The maximum absolute atomic E-state index is 11.9. The van der Waals surface area contributed by atoms with E-state index < -0.39 is 42.6 Å². The van der Waals surface area contributed by atoms with E-state index in [1.165, 1.54) is 12.1 Å². The van der Waals surface area contributed by atoms with Crippen LogP contribution in [-0.2, 0) is 19.0 Å². The molecule has 120 valence electrons. The van der Waals surface area contributed by atoms with Gasteiger partial charge in [0.2, 0.25) is 6.29 Å². The van der Waals surface area contributed by atoms with Crippen molar-refractivity contribution in [2.24, 2.45) is 0 Å². The summed E-state index contributed by atoms with van der Waals surface area (Å²) in [6.45, 7) is 0. The number of carbonyl (C=O) groups excluding carboxylic acids is 2. The van der Waals surface area contributed by atoms with Gasteiger partial charge in [0.1, 0.15) is 18.3 Å². The lowest BCUT2D eigenvalue weighted by Crippen LogP contribution is -2.60. The maximum Gasteiger partial charge on any atom is 0.340 e. The third kappa shape index (κ3) is 3.25. The van der Waals surface area contributed by atoms with Crippen molar-refractivity contribution in [1.82, 2.24) is 0 Å². The van der Waals surface area contributed by atoms with Crippen LogP contribution in [0.15, 0.2) is 30.3 Å². The van der Waals surface area contributed by atoms with Crippen molar-refractivity contribution in [1.29, 1.82) is 0 Å². The van der Waals surface area contributed by atoms with Crippen molar-refractivity contribution in [3.63, 3.8) is 0 Å². The van der Waals surface area contributed by atoms with Crippen molar-refractivity contribution < 1.29 is 39.1 Å². The van der Waals surface area contributed by atoms with Gasteiger partial charge in [-0.25, -0.2) is 9.59 Å². The van der Waals surface area contributed by atoms with Gasteiger partial charge in [0.15, 0.2) is 6.10 Å². The van der Waals surface area contributed by atoms with Gasteiger partial charge in [-0.15, -0.1) is 0 Å². The molecule has 1 aromatic carbocycles. The summed E-state index contributed by atoms with van der Waals surface area (Å²) in [5.74, 6) is -1.77. The summed E-state index contributed by atoms with van der Waals surface area (Å²) >= 11 is 0. The Morgan fingerprint density at radius 3 is 2.27 bits per heavy atom. The van der Waals surface area contributed by atoms with Crippen molar-refractivity contribution in [3.8, 4) is 0 Å². The fourth-order valence-corrected chi connectivity index (χ4v) is 2.00. The fourth-order valence-electron chi connectivity index (χ4n) is 2.00. The van der Waals surface area contributed by atoms with Gasteiger partial charge in [-0.05, 0) is 12.1 Å². The highest BCUT2D eigenvalue weighted by molar-refractivity contribution is 5.89. The second-order valence-corrected chi connectivity index (χ2v) is 4.69. The number of esters is 2. The molecule has 0 spiro atoms. The number of aliphatic hydroxyl groups is 3. The zero-order chi connectivity index (χ0) is 16.3. The number of benzene rings is 1. The van der Waals surface area contributed by atoms with E-state index in [0.717, 1.165) is 7.11 Å². The highest BCUT2D eigenvalue weighted by Crippen LogP contribution is 2.23. The molecule has 1 aliphatic rings. The van der Waals surface area contributed by atoms with Crippen LogP contribution in [0.4, 0.5) is 0 Å². The molecule has 1 saturated heterocycles. The fraction of sp³-hybridized carbons (Fsp3) is 0.429. The highest BCUT2D eigenvalue weighted by atomic mass is 16.7. The first-order chi connectivity index (χ1) is 10.5. The summed E-state index contributed by atoms with van der Waals surface area (Å²) < 4.78 is 14.4. The normalized spacial score (nSPS) is 31.4. The van der Waals surface area contributed by atoms with Gasteiger partial charge in [0, 0.05) is 0 Å². The first-order valence-corrected chi connectivity index (χ1v) is 6.49. The molecular weight excluding hydrogens is 296 g/mol. The molecule has 1 heterocycles. The Morgan fingerprint density at radius 1 is 1.05 bits per heavy atom. The predicted octanol–water partition coefficient (Wildman–Crippen LogP) is -1.18. The van der Waals surface area contributed by atoms with Gasteiger partial charge < -0.3 is 29.5 Å². The van der Waals surface area contributed by atoms with Crippen molar-refractivity contribution in [2.45, 2.75) is 30.7 Å². The Labute approximate surface area is 125 Å². The molecule has 22 heavy (non-hydrogen) atoms. The third-order valence-corrected chi connectivity index (χ3v) is 3.24. The molecule has 0 radical (unpaired) electrons. The Hall–Kier alpha value is -2.00. The van der Waals surface area contributed by atoms with Crippen LogP contribution in [-0.4, -0.2) is 65.1 Å². The molecule has 0 unspecified atom stereocenters. The minimum Gasteiger partial charge on any atom is -0.467 e. The first-order valence-electron chi connectivity index (χ1n) is 6.49. The van der Waals surface area contributed by atoms with Crippen LogP contribution in [0.1, 0.15) is 10.4 Å². The summed E-state index contributed by atoms with van der Waals surface area (Å²) in [4.78, 5) is 23.4. The second-order valence-electron chi connectivity index (χ2n) is 4.69. The summed E-state index contributed by atoms with van der Waals surface area (Å²) in [6.07, 6.45) is -8.32. The Morgan fingerprint density at radius 2 is 1.68 bits per heavy atom. The quantitative estimate of drug-likeness (QED) is 0.596. The summed E-state index contributed by atoms with van der Waals surface area (Å²) in [7, 11) is 1.07. The second kappa shape index (κ2) is 6.84. The van der Waals surface area contributed by atoms with Crippen molar-refractivity contribution >= 4 is 11.9 Å². The lowest BCUT2D eigenvalue weighted by molar-refractivity contribution is -0.279. The maximum atomic E-state index is 11.9. The van der Waals surface area contributed by atoms with E-state index >= 15 is 0 Å². The van der Waals surface area contributed by atoms with Crippen LogP contribution in [0.5, 0.6) is 0 Å². The number of carbonyl (C=O) groups is 2. The number of aliphatic hydroxyl groups excluding tert-OH is 3. The molecular formula is C14H16O8. The lowest BCUT2D eigenvalue weighted by atomic mass is 9.99. The molecule has 0 aliphatic carbocycles. The van der Waals surface area contributed by atoms with Crippen molar-refractivity contribution in [3.05, 3.63) is 35.9 Å². The molecule has 1 fully saturated rings. The average Bonchev–Trinajstić information content (AvgIpc) is 2.55. The van der Waals surface area contributed by atoms with Crippen LogP contribution in [0, 0.1) is 0 Å². The number of ether oxygens (including phenoxy) is 3. The van der Waals surface area contributed by atoms with Crippen LogP contribution < -0.4 is 0 Å². The highest BCUT2D eigenvalue weighted by Gasteiger charge is 2.49. The van der Waals surface area contributed by atoms with Gasteiger partial charge in [-0.2, -0.15) is 0 Å². The summed E-state index contributed by atoms with van der Waals surface area (Å²) in [6, 6.07) is 7.91. The van der Waals surface area contributed by atoms with Gasteiger partial charge in [0.05, 0.1) is 12.7 Å². The van der Waals surface area contributed by atoms with E-state index in [1.54, 1.807) is 18.2 Å². The van der Waals surface area contributed by atoms with Gasteiger partial charge >= 0.3 is 11.9 Å². The molecule has 2 rings (SSSR count). The van der Waals surface area contributed by atoms with Crippen LogP contribution in [0.2, 0.25) is 0 Å². The van der Waals surface area contributed by atoms with Gasteiger partial charge in [0.25, 0.3) is 0 Å². The lowest BCUT2D eigenvalue weighted by Gasteiger charge is -2.38. The standard InChI is InChI=1S/C14H16O8/c1-20-13(19)11-9(16)8(15)10(17)14(21-11)22-12(18)7-5-3-2-4-6-7/h2-6,8-11,14-17H,1H3/t8-,9-,10+,11-,14-/m0/s1. The molecule has 1 aromatic rings. The molecule has 0 aromatic heterocycles. The molecule has 0 amide bonds. The average molecular weight is 312 g/mol. The van der Waals surface area contributed by atoms with Crippen LogP contribution in [0.3, 0.4) is 0 Å². The zero-order valence-electron chi connectivity index (χ0n) is 11.7. The summed E-state index contributed by atoms with van der Waals surface area (Å²) in [5.41, 5.74) is 0.202. The van der Waals surface area contributed by atoms with E-state index in [4.69, 9.17) is 9.47 Å². The Balaban J connectivity index is 2.12. The van der Waals surface area contributed by atoms with E-state index in [9.17, 15) is 24.9 Å². The molecule has 8 nitrogen and oxygen atoms in total. The first kappa shape index (κ1) is 16.4. The smallest absolute Gasteiger partial charge is 0.340 e. The van der Waals surface area contributed by atoms with E-state index in [0.29, 0.717) is 0 Å². The largest absolute Gasteiger partial charge is 0.467 e. The number of hydrogen-bond acceptors (Lipinski definition) is 8.